The summed E-state index contributed by atoms with van der Waals surface area (Å²) in [5.74, 6) is 1.37. The number of hydrogen-bond donors (Lipinski definition) is 3. The predicted octanol–water partition coefficient (Wildman–Crippen LogP) is 2.88. The Labute approximate surface area is 119 Å². The Hall–Kier alpha value is -2.30. The third-order valence-electron chi connectivity index (χ3n) is 3.01. The number of benzene rings is 1. The first kappa shape index (κ1) is 14.1. The van der Waals surface area contributed by atoms with Crippen LogP contribution in [0.2, 0.25) is 0 Å². The molecule has 0 fully saturated rings. The van der Waals surface area contributed by atoms with Gasteiger partial charge >= 0.3 is 0 Å². The molecule has 1 aromatic heterocycles. The second kappa shape index (κ2) is 7.33. The summed E-state index contributed by atoms with van der Waals surface area (Å²) in [6, 6.07) is 10.1. The molecule has 4 N–H and O–H groups in total. The lowest BCUT2D eigenvalue weighted by Gasteiger charge is -2.12. The average Bonchev–Trinajstić information content (AvgIpc) is 2.49. The number of nitrogens with two attached hydrogens (primary N) is 1. The standard InChI is InChI=1S/C15H21N5/c1-2-3-9-17-14-13(16)15(20-11-19-14)18-10-12-7-5-4-6-8-12/h4-8,11H,2-3,9-10,16H2,1H3,(H2,17,18,19,20). The molecule has 106 valence electrons. The van der Waals surface area contributed by atoms with E-state index < -0.39 is 0 Å². The van der Waals surface area contributed by atoms with Crippen LogP contribution in [-0.2, 0) is 6.54 Å². The second-order valence-electron chi connectivity index (χ2n) is 4.60. The largest absolute Gasteiger partial charge is 0.393 e. The minimum atomic E-state index is 0.569. The molecule has 0 amide bonds. The first-order chi connectivity index (χ1) is 9.81. The van der Waals surface area contributed by atoms with Crippen molar-refractivity contribution in [2.45, 2.75) is 26.3 Å². The summed E-state index contributed by atoms with van der Waals surface area (Å²) < 4.78 is 0. The molecular weight excluding hydrogens is 250 g/mol. The van der Waals surface area contributed by atoms with Gasteiger partial charge in [-0.05, 0) is 12.0 Å². The number of nitrogen functional groups attached to an aromatic ring is 1. The van der Waals surface area contributed by atoms with Gasteiger partial charge in [0, 0.05) is 13.1 Å². The van der Waals surface area contributed by atoms with E-state index in [9.17, 15) is 0 Å². The normalized spacial score (nSPS) is 10.2. The van der Waals surface area contributed by atoms with Crippen LogP contribution in [0.15, 0.2) is 36.7 Å². The van der Waals surface area contributed by atoms with E-state index in [1.54, 1.807) is 0 Å². The van der Waals surface area contributed by atoms with E-state index in [0.29, 0.717) is 23.9 Å². The molecule has 5 heteroatoms. The number of nitrogens with zero attached hydrogens (tertiary/aromatic N) is 2. The van der Waals surface area contributed by atoms with Crippen LogP contribution in [0.25, 0.3) is 0 Å². The third-order valence-corrected chi connectivity index (χ3v) is 3.01. The summed E-state index contributed by atoms with van der Waals surface area (Å²) in [5, 5.41) is 6.48. The first-order valence-electron chi connectivity index (χ1n) is 6.93. The smallest absolute Gasteiger partial charge is 0.155 e. The Morgan fingerprint density at radius 3 is 2.45 bits per heavy atom. The Morgan fingerprint density at radius 1 is 1.05 bits per heavy atom. The van der Waals surface area contributed by atoms with Gasteiger partial charge in [0.25, 0.3) is 0 Å². The predicted molar refractivity (Wildman–Crippen MR) is 83.6 cm³/mol. The van der Waals surface area contributed by atoms with Gasteiger partial charge < -0.3 is 16.4 Å². The van der Waals surface area contributed by atoms with Crippen molar-refractivity contribution in [2.24, 2.45) is 0 Å². The van der Waals surface area contributed by atoms with E-state index >= 15 is 0 Å². The zero-order valence-electron chi connectivity index (χ0n) is 11.8. The van der Waals surface area contributed by atoms with E-state index in [0.717, 1.165) is 19.4 Å². The SMILES string of the molecule is CCCCNc1ncnc(NCc2ccccc2)c1N. The van der Waals surface area contributed by atoms with Crippen LogP contribution in [0.1, 0.15) is 25.3 Å². The van der Waals surface area contributed by atoms with Gasteiger partial charge in [-0.25, -0.2) is 9.97 Å². The van der Waals surface area contributed by atoms with Crippen LogP contribution in [0, 0.1) is 0 Å². The van der Waals surface area contributed by atoms with Crippen LogP contribution >= 0.6 is 0 Å². The average molecular weight is 271 g/mol. The lowest BCUT2D eigenvalue weighted by molar-refractivity contribution is 0.830. The highest BCUT2D eigenvalue weighted by molar-refractivity contribution is 5.73. The van der Waals surface area contributed by atoms with E-state index in [-0.39, 0.29) is 0 Å². The molecule has 2 aromatic rings. The lowest BCUT2D eigenvalue weighted by Crippen LogP contribution is -2.10. The summed E-state index contributed by atoms with van der Waals surface area (Å²) >= 11 is 0. The quantitative estimate of drug-likeness (QED) is 0.675. The molecule has 0 saturated heterocycles. The van der Waals surface area contributed by atoms with Crippen molar-refractivity contribution in [3.63, 3.8) is 0 Å². The Bertz CT molecular complexity index is 527. The summed E-state index contributed by atoms with van der Waals surface area (Å²) in [4.78, 5) is 8.37. The maximum atomic E-state index is 6.08. The molecule has 0 radical (unpaired) electrons. The first-order valence-corrected chi connectivity index (χ1v) is 6.93. The van der Waals surface area contributed by atoms with Gasteiger partial charge in [0.1, 0.15) is 12.0 Å². The monoisotopic (exact) mass is 271 g/mol. The molecule has 1 heterocycles. The third kappa shape index (κ3) is 3.85. The van der Waals surface area contributed by atoms with Crippen LogP contribution in [0.3, 0.4) is 0 Å². The highest BCUT2D eigenvalue weighted by atomic mass is 15.1. The fourth-order valence-electron chi connectivity index (χ4n) is 1.84. The van der Waals surface area contributed by atoms with Crippen molar-refractivity contribution in [2.75, 3.05) is 22.9 Å². The number of aromatic nitrogens is 2. The zero-order chi connectivity index (χ0) is 14.2. The Morgan fingerprint density at radius 2 is 1.75 bits per heavy atom. The molecule has 2 rings (SSSR count). The Kier molecular flexibility index (Phi) is 5.17. The van der Waals surface area contributed by atoms with Gasteiger partial charge in [0.05, 0.1) is 0 Å². The second-order valence-corrected chi connectivity index (χ2v) is 4.60. The maximum Gasteiger partial charge on any atom is 0.155 e. The van der Waals surface area contributed by atoms with Gasteiger partial charge in [-0.15, -0.1) is 0 Å². The Balaban J connectivity index is 1.99. The highest BCUT2D eigenvalue weighted by Gasteiger charge is 2.07. The van der Waals surface area contributed by atoms with Gasteiger partial charge in [-0.1, -0.05) is 43.7 Å². The van der Waals surface area contributed by atoms with Gasteiger partial charge in [0.2, 0.25) is 0 Å². The van der Waals surface area contributed by atoms with Crippen molar-refractivity contribution < 1.29 is 0 Å². The summed E-state index contributed by atoms with van der Waals surface area (Å²) in [5.41, 5.74) is 7.83. The molecule has 0 aliphatic rings. The molecule has 1 aromatic carbocycles. The number of rotatable bonds is 7. The molecule has 0 bridgehead atoms. The molecule has 0 atom stereocenters. The van der Waals surface area contributed by atoms with Crippen LogP contribution in [-0.4, -0.2) is 16.5 Å². The topological polar surface area (TPSA) is 75.9 Å². The molecule has 20 heavy (non-hydrogen) atoms. The lowest BCUT2D eigenvalue weighted by atomic mass is 10.2. The molecule has 0 unspecified atom stereocenters. The van der Waals surface area contributed by atoms with Gasteiger partial charge in [0.15, 0.2) is 11.6 Å². The zero-order valence-corrected chi connectivity index (χ0v) is 11.8. The number of anilines is 3. The number of hydrogen-bond acceptors (Lipinski definition) is 5. The van der Waals surface area contributed by atoms with E-state index in [4.69, 9.17) is 5.73 Å². The van der Waals surface area contributed by atoms with Crippen molar-refractivity contribution in [3.05, 3.63) is 42.2 Å². The minimum Gasteiger partial charge on any atom is -0.393 e. The molecule has 0 aliphatic carbocycles. The summed E-state index contributed by atoms with van der Waals surface area (Å²) in [6.07, 6.45) is 3.76. The molecule has 5 nitrogen and oxygen atoms in total. The van der Waals surface area contributed by atoms with Gasteiger partial charge in [-0.2, -0.15) is 0 Å². The fourth-order valence-corrected chi connectivity index (χ4v) is 1.84. The van der Waals surface area contributed by atoms with E-state index in [2.05, 4.69) is 39.7 Å². The van der Waals surface area contributed by atoms with Crippen LogP contribution < -0.4 is 16.4 Å². The highest BCUT2D eigenvalue weighted by Crippen LogP contribution is 2.22. The van der Waals surface area contributed by atoms with Crippen LogP contribution in [0.5, 0.6) is 0 Å². The molecule has 0 aliphatic heterocycles. The minimum absolute atomic E-state index is 0.569. The maximum absolute atomic E-state index is 6.08. The fraction of sp³-hybridized carbons (Fsp3) is 0.333. The van der Waals surface area contributed by atoms with Crippen molar-refractivity contribution in [1.82, 2.24) is 9.97 Å². The molecular formula is C15H21N5. The van der Waals surface area contributed by atoms with E-state index in [1.807, 2.05) is 18.2 Å². The number of nitrogens with one attached hydrogen (secondary N) is 2. The molecule has 0 spiro atoms. The molecule has 0 saturated carbocycles. The number of unbranched alkanes of at least 4 members (excludes halogenated alkanes) is 1. The van der Waals surface area contributed by atoms with Crippen molar-refractivity contribution in [1.29, 1.82) is 0 Å². The van der Waals surface area contributed by atoms with Crippen molar-refractivity contribution in [3.8, 4) is 0 Å². The van der Waals surface area contributed by atoms with E-state index in [1.165, 1.54) is 11.9 Å². The van der Waals surface area contributed by atoms with Crippen LogP contribution in [0.4, 0.5) is 17.3 Å². The summed E-state index contributed by atoms with van der Waals surface area (Å²) in [7, 11) is 0. The van der Waals surface area contributed by atoms with Gasteiger partial charge in [-0.3, -0.25) is 0 Å². The van der Waals surface area contributed by atoms with Crippen molar-refractivity contribution >= 4 is 17.3 Å². The summed E-state index contributed by atoms with van der Waals surface area (Å²) in [6.45, 7) is 3.71.